The highest BCUT2D eigenvalue weighted by molar-refractivity contribution is 9.10. The first-order valence-electron chi connectivity index (χ1n) is 6.78. The van der Waals surface area contributed by atoms with Crippen molar-refractivity contribution >= 4 is 27.3 Å². The molecule has 0 saturated carbocycles. The predicted octanol–water partition coefficient (Wildman–Crippen LogP) is 5.36. The molecule has 0 aliphatic heterocycles. The zero-order valence-corrected chi connectivity index (χ0v) is 14.4. The Kier molecular flexibility index (Phi) is 5.35. The molecule has 2 rings (SSSR count). The second-order valence-corrected chi connectivity index (χ2v) is 7.12. The van der Waals surface area contributed by atoms with E-state index in [9.17, 15) is 4.39 Å². The molecule has 1 unspecified atom stereocenters. The van der Waals surface area contributed by atoms with Crippen LogP contribution in [0.3, 0.4) is 0 Å². The summed E-state index contributed by atoms with van der Waals surface area (Å²) in [6.07, 6.45) is 1.02. The van der Waals surface area contributed by atoms with Gasteiger partial charge in [0.25, 0.3) is 0 Å². The van der Waals surface area contributed by atoms with E-state index in [-0.39, 0.29) is 11.9 Å². The number of nitrogens with one attached hydrogen (secondary N) is 1. The van der Waals surface area contributed by atoms with E-state index < -0.39 is 0 Å². The lowest BCUT2D eigenvalue weighted by Crippen LogP contribution is -2.23. The monoisotopic (exact) mass is 355 g/mol. The molecule has 1 heterocycles. The second kappa shape index (κ2) is 6.83. The van der Waals surface area contributed by atoms with Gasteiger partial charge in [-0.25, -0.2) is 4.39 Å². The largest absolute Gasteiger partial charge is 0.305 e. The summed E-state index contributed by atoms with van der Waals surface area (Å²) in [5.41, 5.74) is 1.80. The minimum atomic E-state index is -0.151. The lowest BCUT2D eigenvalue weighted by molar-refractivity contribution is 0.550. The van der Waals surface area contributed by atoms with Crippen molar-refractivity contribution in [1.82, 2.24) is 5.32 Å². The van der Waals surface area contributed by atoms with Gasteiger partial charge in [0, 0.05) is 19.8 Å². The maximum atomic E-state index is 14.2. The van der Waals surface area contributed by atoms with E-state index in [2.05, 4.69) is 41.2 Å². The van der Waals surface area contributed by atoms with Crippen LogP contribution in [0.2, 0.25) is 0 Å². The van der Waals surface area contributed by atoms with E-state index >= 15 is 0 Å². The predicted molar refractivity (Wildman–Crippen MR) is 88.0 cm³/mol. The topological polar surface area (TPSA) is 12.0 Å². The van der Waals surface area contributed by atoms with Gasteiger partial charge in [0.2, 0.25) is 0 Å². The van der Waals surface area contributed by atoms with Crippen molar-refractivity contribution in [2.75, 3.05) is 6.54 Å². The van der Waals surface area contributed by atoms with Crippen LogP contribution in [0.4, 0.5) is 4.39 Å². The molecular weight excluding hydrogens is 337 g/mol. The molecule has 0 spiro atoms. The Morgan fingerprint density at radius 1 is 1.30 bits per heavy atom. The molecular formula is C16H19BrFNS. The van der Waals surface area contributed by atoms with E-state index in [0.29, 0.717) is 0 Å². The smallest absolute Gasteiger partial charge is 0.128 e. The maximum absolute atomic E-state index is 14.2. The van der Waals surface area contributed by atoms with Crippen LogP contribution in [0.25, 0.3) is 0 Å². The second-order valence-electron chi connectivity index (χ2n) is 4.98. The molecule has 1 aromatic carbocycles. The van der Waals surface area contributed by atoms with Gasteiger partial charge in [-0.1, -0.05) is 24.6 Å². The highest BCUT2D eigenvalue weighted by atomic mass is 79.9. The summed E-state index contributed by atoms with van der Waals surface area (Å²) in [5.74, 6) is -0.151. The number of thiophene rings is 1. The molecule has 20 heavy (non-hydrogen) atoms. The van der Waals surface area contributed by atoms with E-state index in [1.807, 2.05) is 19.1 Å². The summed E-state index contributed by atoms with van der Waals surface area (Å²) >= 11 is 5.30. The van der Waals surface area contributed by atoms with Crippen LogP contribution in [0.1, 0.15) is 40.3 Å². The quantitative estimate of drug-likeness (QED) is 0.761. The lowest BCUT2D eigenvalue weighted by Gasteiger charge is -2.19. The molecule has 0 fully saturated rings. The van der Waals surface area contributed by atoms with Crippen molar-refractivity contribution in [2.45, 2.75) is 33.2 Å². The first-order chi connectivity index (χ1) is 9.52. The molecule has 0 aliphatic carbocycles. The van der Waals surface area contributed by atoms with Gasteiger partial charge in [0.05, 0.1) is 6.04 Å². The van der Waals surface area contributed by atoms with Gasteiger partial charge in [-0.15, -0.1) is 11.3 Å². The fraction of sp³-hybridized carbons (Fsp3) is 0.375. The zero-order valence-electron chi connectivity index (χ0n) is 12.0. The standard InChI is InChI=1S/C16H19BrFNS/c1-4-7-19-15(16-13(17)9-11(3)20-16)12-8-10(2)5-6-14(12)18/h5-6,8-9,15,19H,4,7H2,1-3H3. The van der Waals surface area contributed by atoms with Gasteiger partial charge in [0.1, 0.15) is 5.82 Å². The highest BCUT2D eigenvalue weighted by Gasteiger charge is 2.21. The van der Waals surface area contributed by atoms with Gasteiger partial charge in [-0.3, -0.25) is 0 Å². The fourth-order valence-electron chi connectivity index (χ4n) is 2.22. The van der Waals surface area contributed by atoms with Gasteiger partial charge >= 0.3 is 0 Å². The van der Waals surface area contributed by atoms with Gasteiger partial charge in [0.15, 0.2) is 0 Å². The van der Waals surface area contributed by atoms with Crippen LogP contribution in [0, 0.1) is 19.7 Å². The zero-order chi connectivity index (χ0) is 14.7. The third-order valence-electron chi connectivity index (χ3n) is 3.16. The van der Waals surface area contributed by atoms with Crippen LogP contribution < -0.4 is 5.32 Å². The minimum Gasteiger partial charge on any atom is -0.305 e. The number of aryl methyl sites for hydroxylation is 2. The van der Waals surface area contributed by atoms with Crippen molar-refractivity contribution in [1.29, 1.82) is 0 Å². The average molecular weight is 356 g/mol. The van der Waals surface area contributed by atoms with E-state index in [1.54, 1.807) is 17.4 Å². The Balaban J connectivity index is 2.46. The molecule has 1 N–H and O–H groups in total. The number of hydrogen-bond acceptors (Lipinski definition) is 2. The summed E-state index contributed by atoms with van der Waals surface area (Å²) in [4.78, 5) is 2.36. The SMILES string of the molecule is CCCNC(c1cc(C)ccc1F)c1sc(C)cc1Br. The summed E-state index contributed by atoms with van der Waals surface area (Å²) in [5, 5.41) is 3.46. The molecule has 4 heteroatoms. The van der Waals surface area contributed by atoms with Crippen molar-refractivity contribution in [3.8, 4) is 0 Å². The van der Waals surface area contributed by atoms with Gasteiger partial charge < -0.3 is 5.32 Å². The van der Waals surface area contributed by atoms with E-state index in [4.69, 9.17) is 0 Å². The third-order valence-corrected chi connectivity index (χ3v) is 5.19. The lowest BCUT2D eigenvalue weighted by atomic mass is 10.0. The highest BCUT2D eigenvalue weighted by Crippen LogP contribution is 2.36. The van der Waals surface area contributed by atoms with Crippen molar-refractivity contribution in [2.24, 2.45) is 0 Å². The Morgan fingerprint density at radius 3 is 2.65 bits per heavy atom. The molecule has 1 atom stereocenters. The minimum absolute atomic E-state index is 0.0945. The fourth-order valence-corrected chi connectivity index (χ4v) is 4.19. The summed E-state index contributed by atoms with van der Waals surface area (Å²) in [6.45, 7) is 7.05. The Labute approximate surface area is 132 Å². The molecule has 1 aromatic heterocycles. The Hall–Kier alpha value is -0.710. The first-order valence-corrected chi connectivity index (χ1v) is 8.39. The van der Waals surface area contributed by atoms with Crippen molar-refractivity contribution in [3.63, 3.8) is 0 Å². The molecule has 1 nitrogen and oxygen atoms in total. The molecule has 108 valence electrons. The molecule has 0 amide bonds. The van der Waals surface area contributed by atoms with Crippen LogP contribution >= 0.6 is 27.3 Å². The summed E-state index contributed by atoms with van der Waals surface area (Å²) in [6, 6.07) is 7.30. The van der Waals surface area contributed by atoms with Crippen LogP contribution in [-0.4, -0.2) is 6.54 Å². The van der Waals surface area contributed by atoms with E-state index in [0.717, 1.165) is 33.4 Å². The number of rotatable bonds is 5. The first kappa shape index (κ1) is 15.7. The third kappa shape index (κ3) is 3.48. The normalized spacial score (nSPS) is 12.7. The molecule has 0 bridgehead atoms. The van der Waals surface area contributed by atoms with Crippen LogP contribution in [0.5, 0.6) is 0 Å². The number of benzene rings is 1. The average Bonchev–Trinajstić information content (AvgIpc) is 2.73. The summed E-state index contributed by atoms with van der Waals surface area (Å²) < 4.78 is 15.3. The van der Waals surface area contributed by atoms with Crippen molar-refractivity contribution < 1.29 is 4.39 Å². The maximum Gasteiger partial charge on any atom is 0.128 e. The molecule has 0 aliphatic rings. The number of hydrogen-bond donors (Lipinski definition) is 1. The van der Waals surface area contributed by atoms with Crippen molar-refractivity contribution in [3.05, 3.63) is 55.4 Å². The van der Waals surface area contributed by atoms with Gasteiger partial charge in [-0.2, -0.15) is 0 Å². The van der Waals surface area contributed by atoms with Crippen LogP contribution in [0.15, 0.2) is 28.7 Å². The van der Waals surface area contributed by atoms with Gasteiger partial charge in [-0.05, 0) is 54.9 Å². The molecule has 0 saturated heterocycles. The molecule has 0 radical (unpaired) electrons. The van der Waals surface area contributed by atoms with E-state index in [1.165, 1.54) is 4.88 Å². The Bertz CT molecular complexity index is 594. The Morgan fingerprint density at radius 2 is 2.05 bits per heavy atom. The molecule has 2 aromatic rings. The van der Waals surface area contributed by atoms with Crippen LogP contribution in [-0.2, 0) is 0 Å². The number of halogens is 2. The summed E-state index contributed by atoms with van der Waals surface area (Å²) in [7, 11) is 0.